The van der Waals surface area contributed by atoms with E-state index >= 15 is 0 Å². The number of fused-ring (bicyclic) bond motifs is 1. The third kappa shape index (κ3) is 3.82. The van der Waals surface area contributed by atoms with Crippen molar-refractivity contribution < 1.29 is 9.00 Å². The smallest absolute Gasteiger partial charge is 0.231 e. The number of nitrogens with zero attached hydrogens (tertiary/aromatic N) is 1. The molecule has 2 fully saturated rings. The molecule has 2 atom stereocenters. The Balaban J connectivity index is 1.38. The Hall–Kier alpha value is -2.44. The van der Waals surface area contributed by atoms with Gasteiger partial charge in [-0.1, -0.05) is 42.5 Å². The second-order valence-electron chi connectivity index (χ2n) is 8.53. The van der Waals surface area contributed by atoms with E-state index in [1.54, 1.807) is 5.41 Å². The molecule has 2 N–H and O–H groups in total. The van der Waals surface area contributed by atoms with Crippen molar-refractivity contribution in [2.75, 3.05) is 24.4 Å². The van der Waals surface area contributed by atoms with Crippen LogP contribution in [0.1, 0.15) is 48.4 Å². The minimum Gasteiger partial charge on any atom is -0.347 e. The van der Waals surface area contributed by atoms with Gasteiger partial charge in [0.2, 0.25) is 5.91 Å². The number of hydrogen-bond donors (Lipinski definition) is 2. The summed E-state index contributed by atoms with van der Waals surface area (Å²) < 4.78 is 14.8. The number of carbonyl (C=O) groups excluding carboxylic acids is 1. The lowest BCUT2D eigenvalue weighted by Crippen LogP contribution is -2.41. The van der Waals surface area contributed by atoms with E-state index in [1.807, 2.05) is 42.5 Å². The normalized spacial score (nSPS) is 22.7. The molecule has 2 aromatic carbocycles. The van der Waals surface area contributed by atoms with E-state index in [2.05, 4.69) is 27.1 Å². The molecule has 5 rings (SSSR count). The summed E-state index contributed by atoms with van der Waals surface area (Å²) in [6.45, 7) is 3.05. The van der Waals surface area contributed by atoms with Gasteiger partial charge in [0.25, 0.3) is 0 Å². The summed E-state index contributed by atoms with van der Waals surface area (Å²) in [7, 11) is -1.20. The lowest BCUT2D eigenvalue weighted by Gasteiger charge is -2.27. The molecule has 1 saturated heterocycles. The van der Waals surface area contributed by atoms with E-state index < -0.39 is 16.4 Å². The third-order valence-electron chi connectivity index (χ3n) is 6.52. The number of likely N-dealkylation sites (tertiary alicyclic amines) is 1. The van der Waals surface area contributed by atoms with Crippen LogP contribution in [0.25, 0.3) is 6.08 Å². The first-order valence-electron chi connectivity index (χ1n) is 10.7. The van der Waals surface area contributed by atoms with Crippen molar-refractivity contribution in [1.82, 2.24) is 10.2 Å². The lowest BCUT2D eigenvalue weighted by molar-refractivity contribution is -0.124. The number of carbonyl (C=O) groups is 1. The zero-order valence-electron chi connectivity index (χ0n) is 17.0. The molecule has 1 amide bonds. The second-order valence-corrected chi connectivity index (χ2v) is 9.60. The Kier molecular flexibility index (Phi) is 5.21. The van der Waals surface area contributed by atoms with Gasteiger partial charge in [-0.15, -0.1) is 0 Å². The summed E-state index contributed by atoms with van der Waals surface area (Å²) in [5.74, 6) is 0.1000. The Morgan fingerprint density at radius 2 is 1.90 bits per heavy atom. The maximum atomic E-state index is 13.5. The number of anilines is 1. The van der Waals surface area contributed by atoms with Crippen LogP contribution < -0.4 is 10.0 Å². The minimum absolute atomic E-state index is 0.0135. The molecule has 1 aliphatic carbocycles. The van der Waals surface area contributed by atoms with Gasteiger partial charge in [0.05, 0.1) is 17.1 Å². The van der Waals surface area contributed by atoms with Crippen molar-refractivity contribution in [1.29, 1.82) is 0 Å². The largest absolute Gasteiger partial charge is 0.347 e. The van der Waals surface area contributed by atoms with Crippen LogP contribution in [-0.4, -0.2) is 34.7 Å². The van der Waals surface area contributed by atoms with E-state index in [1.165, 1.54) is 12.8 Å². The van der Waals surface area contributed by atoms with Crippen molar-refractivity contribution in [3.05, 3.63) is 70.6 Å². The maximum Gasteiger partial charge on any atom is 0.231 e. The highest BCUT2D eigenvalue weighted by atomic mass is 32.2. The van der Waals surface area contributed by atoms with Crippen LogP contribution in [0.5, 0.6) is 0 Å². The fourth-order valence-electron chi connectivity index (χ4n) is 4.58. The average Bonchev–Trinajstić information content (AvgIpc) is 3.43. The molecule has 3 aliphatic rings. The molecule has 156 valence electrons. The summed E-state index contributed by atoms with van der Waals surface area (Å²) in [4.78, 5) is 15.9. The quantitative estimate of drug-likeness (QED) is 0.747. The monoisotopic (exact) mass is 421 g/mol. The molecule has 2 heterocycles. The number of rotatable bonds is 6. The first kappa shape index (κ1) is 19.5. The van der Waals surface area contributed by atoms with Crippen LogP contribution in [0.2, 0.25) is 0 Å². The third-order valence-corrected chi connectivity index (χ3v) is 7.32. The Labute approximate surface area is 180 Å². The molecule has 1 saturated carbocycles. The van der Waals surface area contributed by atoms with Gasteiger partial charge in [0, 0.05) is 12.0 Å². The SMILES string of the molecule is O=C(NC(CN1CCCC1)c1ccccc1)C1(c2ccc3c(c2)NS(=O)C=C3)CC1. The van der Waals surface area contributed by atoms with E-state index in [9.17, 15) is 9.00 Å². The van der Waals surface area contributed by atoms with Crippen molar-refractivity contribution >= 4 is 28.7 Å². The fraction of sp³-hybridized carbons (Fsp3) is 0.375. The second kappa shape index (κ2) is 8.00. The fourth-order valence-corrected chi connectivity index (χ4v) is 5.31. The van der Waals surface area contributed by atoms with Crippen LogP contribution in [0.15, 0.2) is 53.9 Å². The zero-order valence-corrected chi connectivity index (χ0v) is 17.8. The van der Waals surface area contributed by atoms with Crippen molar-refractivity contribution in [3.8, 4) is 0 Å². The van der Waals surface area contributed by atoms with Crippen LogP contribution in [0.4, 0.5) is 5.69 Å². The van der Waals surface area contributed by atoms with Gasteiger partial charge >= 0.3 is 0 Å². The molecule has 0 bridgehead atoms. The van der Waals surface area contributed by atoms with Crippen LogP contribution in [-0.2, 0) is 21.2 Å². The van der Waals surface area contributed by atoms with E-state index in [4.69, 9.17) is 0 Å². The Morgan fingerprint density at radius 1 is 1.13 bits per heavy atom. The van der Waals surface area contributed by atoms with Gasteiger partial charge in [-0.3, -0.25) is 4.79 Å². The van der Waals surface area contributed by atoms with E-state index in [0.29, 0.717) is 0 Å². The highest BCUT2D eigenvalue weighted by Crippen LogP contribution is 2.49. The Morgan fingerprint density at radius 3 is 2.63 bits per heavy atom. The molecule has 30 heavy (non-hydrogen) atoms. The van der Waals surface area contributed by atoms with Gasteiger partial charge in [-0.25, -0.2) is 4.21 Å². The van der Waals surface area contributed by atoms with E-state index in [0.717, 1.165) is 54.9 Å². The molecular weight excluding hydrogens is 394 g/mol. The first-order valence-corrected chi connectivity index (χ1v) is 11.9. The van der Waals surface area contributed by atoms with Crippen molar-refractivity contribution in [3.63, 3.8) is 0 Å². The van der Waals surface area contributed by atoms with Crippen molar-refractivity contribution in [2.24, 2.45) is 0 Å². The molecule has 5 nitrogen and oxygen atoms in total. The highest BCUT2D eigenvalue weighted by molar-refractivity contribution is 7.89. The summed E-state index contributed by atoms with van der Waals surface area (Å²) >= 11 is 0. The number of amides is 1. The van der Waals surface area contributed by atoms with Gasteiger partial charge in [0.15, 0.2) is 0 Å². The van der Waals surface area contributed by atoms with Gasteiger partial charge in [0.1, 0.15) is 11.0 Å². The van der Waals surface area contributed by atoms with Crippen LogP contribution in [0.3, 0.4) is 0 Å². The number of hydrogen-bond acceptors (Lipinski definition) is 3. The molecule has 6 heteroatoms. The van der Waals surface area contributed by atoms with Crippen molar-refractivity contribution in [2.45, 2.75) is 37.1 Å². The topological polar surface area (TPSA) is 61.4 Å². The first-order chi connectivity index (χ1) is 14.6. The van der Waals surface area contributed by atoms with E-state index in [-0.39, 0.29) is 11.9 Å². The Bertz CT molecular complexity index is 995. The van der Waals surface area contributed by atoms with Crippen LogP contribution in [0, 0.1) is 0 Å². The summed E-state index contributed by atoms with van der Waals surface area (Å²) in [6.07, 6.45) is 6.03. The number of nitrogens with one attached hydrogen (secondary N) is 2. The van der Waals surface area contributed by atoms with Gasteiger partial charge in [-0.05, 0) is 67.6 Å². The predicted molar refractivity (Wildman–Crippen MR) is 121 cm³/mol. The molecule has 0 radical (unpaired) electrons. The van der Waals surface area contributed by atoms with Gasteiger partial charge in [-0.2, -0.15) is 0 Å². The lowest BCUT2D eigenvalue weighted by atomic mass is 9.92. The standard InChI is InChI=1S/C24H27N3O2S/c28-23(25-22(17-27-13-4-5-14-27)18-6-2-1-3-7-18)24(11-12-24)20-9-8-19-10-15-30(29)26-21(19)16-20/h1-3,6-10,15-16,22,26H,4-5,11-14,17H2,(H,25,28). The molecule has 0 spiro atoms. The number of benzene rings is 2. The maximum absolute atomic E-state index is 13.5. The zero-order chi connectivity index (χ0) is 20.6. The summed E-state index contributed by atoms with van der Waals surface area (Å²) in [5.41, 5.74) is 3.53. The summed E-state index contributed by atoms with van der Waals surface area (Å²) in [5, 5.41) is 5.02. The minimum atomic E-state index is -1.20. The van der Waals surface area contributed by atoms with Gasteiger partial charge < -0.3 is 14.9 Å². The molecular formula is C24H27N3O2S. The predicted octanol–water partition coefficient (Wildman–Crippen LogP) is 3.73. The average molecular weight is 422 g/mol. The molecule has 0 aromatic heterocycles. The van der Waals surface area contributed by atoms with Crippen LogP contribution >= 0.6 is 0 Å². The highest BCUT2D eigenvalue weighted by Gasteiger charge is 2.52. The molecule has 2 unspecified atom stereocenters. The summed E-state index contributed by atoms with van der Waals surface area (Å²) in [6, 6.07) is 16.3. The molecule has 2 aliphatic heterocycles. The molecule has 2 aromatic rings.